The Morgan fingerprint density at radius 3 is 2.80 bits per heavy atom. The molecule has 25 heavy (non-hydrogen) atoms. The summed E-state index contributed by atoms with van der Waals surface area (Å²) < 4.78 is 18.7. The number of anilines is 1. The van der Waals surface area contributed by atoms with Crippen molar-refractivity contribution in [1.29, 1.82) is 0 Å². The Morgan fingerprint density at radius 1 is 1.16 bits per heavy atom. The van der Waals surface area contributed by atoms with Crippen molar-refractivity contribution in [3.63, 3.8) is 0 Å². The number of benzene rings is 2. The van der Waals surface area contributed by atoms with E-state index in [0.717, 1.165) is 36.2 Å². The third-order valence-corrected chi connectivity index (χ3v) is 4.43. The molecule has 3 rings (SSSR count). The van der Waals surface area contributed by atoms with Gasteiger partial charge in [-0.2, -0.15) is 0 Å². The molecule has 132 valence electrons. The predicted octanol–water partition coefficient (Wildman–Crippen LogP) is 3.96. The molecule has 0 spiro atoms. The van der Waals surface area contributed by atoms with Gasteiger partial charge in [0, 0.05) is 31.7 Å². The second-order valence-corrected chi connectivity index (χ2v) is 6.30. The van der Waals surface area contributed by atoms with Crippen molar-refractivity contribution in [3.05, 3.63) is 59.4 Å². The topological polar surface area (TPSA) is 41.6 Å². The SMILES string of the molecule is COc1ccc(CNc2cccc(CN3CCCCC3=O)c2)cc1F. The standard InChI is InChI=1S/C20H23FN2O2/c1-25-19-9-8-15(12-18(19)21)13-22-17-6-4-5-16(11-17)14-23-10-3-2-7-20(23)24/h4-6,8-9,11-12,22H,2-3,7,10,13-14H2,1H3. The van der Waals surface area contributed by atoms with Gasteiger partial charge in [-0.1, -0.05) is 18.2 Å². The normalized spacial score (nSPS) is 14.5. The van der Waals surface area contributed by atoms with Gasteiger partial charge in [0.05, 0.1) is 7.11 Å². The summed E-state index contributed by atoms with van der Waals surface area (Å²) in [5, 5.41) is 3.30. The Kier molecular flexibility index (Phi) is 5.53. The van der Waals surface area contributed by atoms with Gasteiger partial charge in [-0.05, 0) is 48.2 Å². The van der Waals surface area contributed by atoms with Gasteiger partial charge in [-0.25, -0.2) is 4.39 Å². The summed E-state index contributed by atoms with van der Waals surface area (Å²) >= 11 is 0. The summed E-state index contributed by atoms with van der Waals surface area (Å²) in [5.74, 6) is 0.120. The fraction of sp³-hybridized carbons (Fsp3) is 0.350. The first-order valence-electron chi connectivity index (χ1n) is 8.59. The van der Waals surface area contributed by atoms with Gasteiger partial charge in [-0.15, -0.1) is 0 Å². The molecule has 1 fully saturated rings. The number of hydrogen-bond acceptors (Lipinski definition) is 3. The van der Waals surface area contributed by atoms with Crippen LogP contribution in [0.1, 0.15) is 30.4 Å². The molecule has 0 aromatic heterocycles. The summed E-state index contributed by atoms with van der Waals surface area (Å²) in [5.41, 5.74) is 2.90. The van der Waals surface area contributed by atoms with E-state index in [1.54, 1.807) is 6.07 Å². The van der Waals surface area contributed by atoms with E-state index in [4.69, 9.17) is 4.74 Å². The maximum atomic E-state index is 13.7. The van der Waals surface area contributed by atoms with Crippen LogP contribution in [-0.2, 0) is 17.9 Å². The van der Waals surface area contributed by atoms with E-state index < -0.39 is 0 Å². The van der Waals surface area contributed by atoms with Gasteiger partial charge in [-0.3, -0.25) is 4.79 Å². The number of nitrogens with one attached hydrogen (secondary N) is 1. The minimum atomic E-state index is -0.362. The Labute approximate surface area is 147 Å². The molecule has 0 atom stereocenters. The van der Waals surface area contributed by atoms with E-state index in [2.05, 4.69) is 5.32 Å². The van der Waals surface area contributed by atoms with Gasteiger partial charge >= 0.3 is 0 Å². The van der Waals surface area contributed by atoms with Crippen molar-refractivity contribution in [2.45, 2.75) is 32.4 Å². The van der Waals surface area contributed by atoms with Gasteiger partial charge < -0.3 is 15.0 Å². The van der Waals surface area contributed by atoms with E-state index in [1.807, 2.05) is 35.2 Å². The number of ether oxygens (including phenoxy) is 1. The highest BCUT2D eigenvalue weighted by Crippen LogP contribution is 2.20. The van der Waals surface area contributed by atoms with Crippen LogP contribution in [0.15, 0.2) is 42.5 Å². The highest BCUT2D eigenvalue weighted by molar-refractivity contribution is 5.76. The number of piperidine rings is 1. The molecule has 5 heteroatoms. The Bertz CT molecular complexity index is 748. The van der Waals surface area contributed by atoms with Crippen LogP contribution in [0, 0.1) is 5.82 Å². The lowest BCUT2D eigenvalue weighted by atomic mass is 10.1. The maximum absolute atomic E-state index is 13.7. The average Bonchev–Trinajstić information content (AvgIpc) is 2.62. The molecule has 1 aliphatic rings. The first-order chi connectivity index (χ1) is 12.2. The molecule has 2 aromatic rings. The minimum absolute atomic E-state index is 0.235. The second-order valence-electron chi connectivity index (χ2n) is 6.30. The summed E-state index contributed by atoms with van der Waals surface area (Å²) in [7, 11) is 1.45. The predicted molar refractivity (Wildman–Crippen MR) is 96.0 cm³/mol. The molecule has 2 aromatic carbocycles. The van der Waals surface area contributed by atoms with Crippen molar-refractivity contribution in [3.8, 4) is 5.75 Å². The van der Waals surface area contributed by atoms with Crippen LogP contribution in [0.3, 0.4) is 0 Å². The summed E-state index contributed by atoms with van der Waals surface area (Å²) in [6.07, 6.45) is 2.73. The average molecular weight is 342 g/mol. The fourth-order valence-corrected chi connectivity index (χ4v) is 3.05. The lowest BCUT2D eigenvalue weighted by molar-refractivity contribution is -0.133. The number of carbonyl (C=O) groups excluding carboxylic acids is 1. The van der Waals surface area contributed by atoms with Crippen molar-refractivity contribution < 1.29 is 13.9 Å². The monoisotopic (exact) mass is 342 g/mol. The van der Waals surface area contributed by atoms with E-state index in [-0.39, 0.29) is 17.5 Å². The number of likely N-dealkylation sites (tertiary alicyclic amines) is 1. The van der Waals surface area contributed by atoms with Crippen LogP contribution >= 0.6 is 0 Å². The van der Waals surface area contributed by atoms with Gasteiger partial charge in [0.2, 0.25) is 5.91 Å². The van der Waals surface area contributed by atoms with Crippen molar-refractivity contribution in [2.75, 3.05) is 19.0 Å². The Balaban J connectivity index is 1.61. The minimum Gasteiger partial charge on any atom is -0.494 e. The molecule has 0 unspecified atom stereocenters. The van der Waals surface area contributed by atoms with E-state index in [0.29, 0.717) is 19.5 Å². The van der Waals surface area contributed by atoms with Crippen LogP contribution in [0.25, 0.3) is 0 Å². The van der Waals surface area contributed by atoms with Gasteiger partial charge in [0.15, 0.2) is 11.6 Å². The first-order valence-corrected chi connectivity index (χ1v) is 8.59. The zero-order chi connectivity index (χ0) is 17.6. The molecule has 4 nitrogen and oxygen atoms in total. The van der Waals surface area contributed by atoms with Crippen LogP contribution in [-0.4, -0.2) is 24.5 Å². The summed E-state index contributed by atoms with van der Waals surface area (Å²) in [6, 6.07) is 13.0. The van der Waals surface area contributed by atoms with Crippen LogP contribution in [0.2, 0.25) is 0 Å². The van der Waals surface area contributed by atoms with Crippen molar-refractivity contribution >= 4 is 11.6 Å². The fourth-order valence-electron chi connectivity index (χ4n) is 3.05. The van der Waals surface area contributed by atoms with Crippen LogP contribution in [0.4, 0.5) is 10.1 Å². The third-order valence-electron chi connectivity index (χ3n) is 4.43. The number of rotatable bonds is 6. The number of methoxy groups -OCH3 is 1. The quantitative estimate of drug-likeness (QED) is 0.864. The van der Waals surface area contributed by atoms with Crippen LogP contribution < -0.4 is 10.1 Å². The lowest BCUT2D eigenvalue weighted by Gasteiger charge is -2.26. The number of carbonyl (C=O) groups is 1. The van der Waals surface area contributed by atoms with E-state index >= 15 is 0 Å². The molecule has 1 saturated heterocycles. The van der Waals surface area contributed by atoms with Gasteiger partial charge in [0.25, 0.3) is 0 Å². The highest BCUT2D eigenvalue weighted by atomic mass is 19.1. The molecular formula is C20H23FN2O2. The maximum Gasteiger partial charge on any atom is 0.222 e. The first kappa shape index (κ1) is 17.3. The molecule has 1 amide bonds. The van der Waals surface area contributed by atoms with Gasteiger partial charge in [0.1, 0.15) is 0 Å². The molecule has 1 heterocycles. The number of nitrogens with zero attached hydrogens (tertiary/aromatic N) is 1. The number of hydrogen-bond donors (Lipinski definition) is 1. The molecule has 0 aliphatic carbocycles. The van der Waals surface area contributed by atoms with E-state index in [9.17, 15) is 9.18 Å². The smallest absolute Gasteiger partial charge is 0.222 e. The molecule has 0 bridgehead atoms. The molecule has 1 N–H and O–H groups in total. The Morgan fingerprint density at radius 2 is 2.04 bits per heavy atom. The highest BCUT2D eigenvalue weighted by Gasteiger charge is 2.17. The molecule has 1 aliphatic heterocycles. The lowest BCUT2D eigenvalue weighted by Crippen LogP contribution is -2.34. The number of halogens is 1. The Hall–Kier alpha value is -2.56. The molecule has 0 radical (unpaired) electrons. The van der Waals surface area contributed by atoms with Crippen LogP contribution in [0.5, 0.6) is 5.75 Å². The second kappa shape index (κ2) is 8.01. The number of amides is 1. The zero-order valence-corrected chi connectivity index (χ0v) is 14.4. The van der Waals surface area contributed by atoms with Crippen molar-refractivity contribution in [2.24, 2.45) is 0 Å². The largest absolute Gasteiger partial charge is 0.494 e. The van der Waals surface area contributed by atoms with Crippen molar-refractivity contribution in [1.82, 2.24) is 4.90 Å². The summed E-state index contributed by atoms with van der Waals surface area (Å²) in [6.45, 7) is 2.00. The molecule has 0 saturated carbocycles. The third kappa shape index (κ3) is 4.50. The molecular weight excluding hydrogens is 319 g/mol. The van der Waals surface area contributed by atoms with E-state index in [1.165, 1.54) is 13.2 Å². The summed E-state index contributed by atoms with van der Waals surface area (Å²) in [4.78, 5) is 13.9. The zero-order valence-electron chi connectivity index (χ0n) is 14.4.